The topological polar surface area (TPSA) is 55.4 Å². The van der Waals surface area contributed by atoms with Crippen LogP contribution in [0.4, 0.5) is 0 Å². The van der Waals surface area contributed by atoms with E-state index in [0.29, 0.717) is 25.8 Å². The van der Waals surface area contributed by atoms with Crippen molar-refractivity contribution in [1.29, 1.82) is 0 Å². The average Bonchev–Trinajstić information content (AvgIpc) is 2.51. The van der Waals surface area contributed by atoms with Crippen molar-refractivity contribution in [3.8, 4) is 0 Å². The summed E-state index contributed by atoms with van der Waals surface area (Å²) < 4.78 is 30.7. The summed E-state index contributed by atoms with van der Waals surface area (Å²) in [5.41, 5.74) is 1.58. The quantitative estimate of drug-likeness (QED) is 0.440. The van der Waals surface area contributed by atoms with Crippen molar-refractivity contribution in [2.75, 3.05) is 41.2 Å². The fourth-order valence-electron chi connectivity index (χ4n) is 1.28. The monoisotopic (exact) mass is 338 g/mol. The van der Waals surface area contributed by atoms with Crippen LogP contribution < -0.4 is 0 Å². The van der Waals surface area contributed by atoms with Gasteiger partial charge < -0.3 is 27.5 Å². The van der Waals surface area contributed by atoms with E-state index in [0.717, 1.165) is 15.6 Å². The fraction of sp³-hybridized carbons (Fsp3) is 0.692. The highest BCUT2D eigenvalue weighted by Gasteiger charge is 2.33. The van der Waals surface area contributed by atoms with Gasteiger partial charge in [0.1, 0.15) is 5.38 Å². The molecule has 0 aliphatic carbocycles. The molecule has 0 saturated carbocycles. The minimum Gasteiger partial charge on any atom is -0.497 e. The van der Waals surface area contributed by atoms with Crippen LogP contribution in [0.25, 0.3) is 0 Å². The molecule has 0 bridgehead atoms. The van der Waals surface area contributed by atoms with Gasteiger partial charge in [-0.25, -0.2) is 0 Å². The van der Waals surface area contributed by atoms with E-state index in [9.17, 15) is 0 Å². The van der Waals surface area contributed by atoms with Gasteiger partial charge in [-0.1, -0.05) is 6.58 Å². The van der Waals surface area contributed by atoms with Crippen LogP contribution in [0.3, 0.4) is 0 Å². The van der Waals surface area contributed by atoms with Crippen LogP contribution in [0, 0.1) is 0 Å². The van der Waals surface area contributed by atoms with Crippen molar-refractivity contribution >= 4 is 19.0 Å². The van der Waals surface area contributed by atoms with Crippen LogP contribution in [-0.4, -0.2) is 60.2 Å². The number of hydrogen-bond donors (Lipinski definition) is 0. The summed E-state index contributed by atoms with van der Waals surface area (Å²) in [6.45, 7) is 11.3. The summed E-state index contributed by atoms with van der Waals surface area (Å²) in [5, 5.41) is 0.848. The number of hydrogen-bond acceptors (Lipinski definition) is 6. The minimum atomic E-state index is -2.43. The summed E-state index contributed by atoms with van der Waals surface area (Å²) in [6.07, 6.45) is 0. The SMILES string of the molecule is C=C[Si](OC)(OC)OC.CCOC([SiH3])=C(OCC)OCC. The first kappa shape index (κ1) is 22.5. The molecule has 0 aromatic heterocycles. The Morgan fingerprint density at radius 3 is 1.48 bits per heavy atom. The summed E-state index contributed by atoms with van der Waals surface area (Å²) in [6, 6.07) is 0. The Kier molecular flexibility index (Phi) is 15.1. The van der Waals surface area contributed by atoms with E-state index in [2.05, 4.69) is 6.58 Å². The lowest BCUT2D eigenvalue weighted by molar-refractivity contribution is 0.0288. The van der Waals surface area contributed by atoms with Crippen LogP contribution in [0.15, 0.2) is 23.6 Å². The van der Waals surface area contributed by atoms with Gasteiger partial charge >= 0.3 is 14.7 Å². The van der Waals surface area contributed by atoms with E-state index in [-0.39, 0.29) is 0 Å². The van der Waals surface area contributed by atoms with Crippen LogP contribution in [0.5, 0.6) is 0 Å². The minimum absolute atomic E-state index is 0.563. The van der Waals surface area contributed by atoms with E-state index in [1.165, 1.54) is 0 Å². The number of ether oxygens (including phenoxy) is 3. The predicted octanol–water partition coefficient (Wildman–Crippen LogP) is 1.18. The van der Waals surface area contributed by atoms with Gasteiger partial charge in [0.05, 0.1) is 30.1 Å². The Morgan fingerprint density at radius 2 is 1.29 bits per heavy atom. The zero-order valence-corrected chi connectivity index (χ0v) is 17.4. The van der Waals surface area contributed by atoms with Crippen LogP contribution in [0.1, 0.15) is 20.8 Å². The first-order valence-corrected chi connectivity index (χ1v) is 9.69. The maximum absolute atomic E-state index is 5.30. The average molecular weight is 339 g/mol. The maximum atomic E-state index is 5.30. The molecule has 0 spiro atoms. The van der Waals surface area contributed by atoms with Gasteiger partial charge in [-0.3, -0.25) is 0 Å². The Labute approximate surface area is 132 Å². The second-order valence-corrected chi connectivity index (χ2v) is 7.31. The van der Waals surface area contributed by atoms with Crippen LogP contribution >= 0.6 is 0 Å². The van der Waals surface area contributed by atoms with Gasteiger partial charge in [0.2, 0.25) is 0 Å². The maximum Gasteiger partial charge on any atom is 0.528 e. The van der Waals surface area contributed by atoms with Gasteiger partial charge in [0.25, 0.3) is 0 Å². The first-order valence-electron chi connectivity index (χ1n) is 6.88. The van der Waals surface area contributed by atoms with Crippen molar-refractivity contribution in [3.05, 3.63) is 23.6 Å². The molecule has 0 saturated heterocycles. The summed E-state index contributed by atoms with van der Waals surface area (Å²) in [7, 11) is 3.02. The molecule has 0 fully saturated rings. The highest BCUT2D eigenvalue weighted by Crippen LogP contribution is 2.06. The Morgan fingerprint density at radius 1 is 0.905 bits per heavy atom. The molecule has 0 radical (unpaired) electrons. The first-order chi connectivity index (χ1) is 10.00. The molecule has 0 aromatic rings. The van der Waals surface area contributed by atoms with Gasteiger partial charge in [0, 0.05) is 21.3 Å². The predicted molar refractivity (Wildman–Crippen MR) is 88.8 cm³/mol. The molecule has 0 atom stereocenters. The molecule has 21 heavy (non-hydrogen) atoms. The molecule has 0 rings (SSSR count). The highest BCUT2D eigenvalue weighted by molar-refractivity contribution is 6.66. The molecule has 0 aliphatic heterocycles. The summed E-state index contributed by atoms with van der Waals surface area (Å²) >= 11 is 0. The molecule has 0 aliphatic rings. The highest BCUT2D eigenvalue weighted by atomic mass is 28.4. The zero-order valence-electron chi connectivity index (χ0n) is 14.4. The van der Waals surface area contributed by atoms with Crippen molar-refractivity contribution < 1.29 is 27.5 Å². The summed E-state index contributed by atoms with van der Waals surface area (Å²) in [5.74, 6) is 0.563. The lowest BCUT2D eigenvalue weighted by Crippen LogP contribution is -2.40. The second kappa shape index (κ2) is 14.1. The van der Waals surface area contributed by atoms with Gasteiger partial charge in [-0.05, 0) is 26.5 Å². The van der Waals surface area contributed by atoms with E-state index < -0.39 is 8.80 Å². The van der Waals surface area contributed by atoms with E-state index in [1.54, 1.807) is 27.0 Å². The second-order valence-electron chi connectivity index (χ2n) is 3.56. The van der Waals surface area contributed by atoms with Crippen molar-refractivity contribution in [3.63, 3.8) is 0 Å². The standard InChI is InChI=1S/C8H18O3Si.C5H12O3Si/c1-4-9-7(10-5-2)8(12)11-6-3;1-5-9(6-2,7-3)8-4/h4-6H2,1-3,12H3;5H,1H2,2-4H3. The molecular formula is C13H30O6Si2. The largest absolute Gasteiger partial charge is 0.528 e. The molecule has 0 unspecified atom stereocenters. The third kappa shape index (κ3) is 9.69. The molecular weight excluding hydrogens is 308 g/mol. The van der Waals surface area contributed by atoms with Gasteiger partial charge in [0.15, 0.2) is 0 Å². The molecule has 6 nitrogen and oxygen atoms in total. The Balaban J connectivity index is 0. The summed E-state index contributed by atoms with van der Waals surface area (Å²) in [4.78, 5) is 0. The van der Waals surface area contributed by atoms with E-state index >= 15 is 0 Å². The van der Waals surface area contributed by atoms with Gasteiger partial charge in [-0.15, -0.1) is 0 Å². The smallest absolute Gasteiger partial charge is 0.497 e. The van der Waals surface area contributed by atoms with Crippen LogP contribution in [-0.2, 0) is 27.5 Å². The Bertz CT molecular complexity index is 276. The normalized spacial score (nSPS) is 10.2. The molecule has 0 amide bonds. The molecule has 0 aromatic carbocycles. The van der Waals surface area contributed by atoms with Crippen molar-refractivity contribution in [2.24, 2.45) is 0 Å². The fourth-order valence-corrected chi connectivity index (χ4v) is 2.86. The van der Waals surface area contributed by atoms with Crippen molar-refractivity contribution in [2.45, 2.75) is 20.8 Å². The number of rotatable bonds is 10. The molecule has 0 heterocycles. The molecule has 0 N–H and O–H groups in total. The van der Waals surface area contributed by atoms with E-state index in [4.69, 9.17) is 27.5 Å². The van der Waals surface area contributed by atoms with Crippen LogP contribution in [0.2, 0.25) is 0 Å². The lowest BCUT2D eigenvalue weighted by atomic mass is 10.8. The molecule has 126 valence electrons. The van der Waals surface area contributed by atoms with Gasteiger partial charge in [-0.2, -0.15) is 0 Å². The third-order valence-corrected chi connectivity index (χ3v) is 5.21. The molecule has 8 heteroatoms. The van der Waals surface area contributed by atoms with E-state index in [1.807, 2.05) is 20.8 Å². The Hall–Kier alpha value is -0.806. The zero-order chi connectivity index (χ0) is 16.7. The lowest BCUT2D eigenvalue weighted by Gasteiger charge is -2.19. The third-order valence-electron chi connectivity index (χ3n) is 2.30. The van der Waals surface area contributed by atoms with Crippen molar-refractivity contribution in [1.82, 2.24) is 0 Å².